The lowest BCUT2D eigenvalue weighted by Crippen LogP contribution is -2.37. The highest BCUT2D eigenvalue weighted by Gasteiger charge is 2.31. The van der Waals surface area contributed by atoms with Gasteiger partial charge in [-0.1, -0.05) is 31.0 Å². The molecule has 1 unspecified atom stereocenters. The third kappa shape index (κ3) is 5.61. The van der Waals surface area contributed by atoms with Gasteiger partial charge in [0.25, 0.3) is 0 Å². The Bertz CT molecular complexity index is 620. The van der Waals surface area contributed by atoms with Crippen LogP contribution in [0, 0.1) is 5.82 Å². The fourth-order valence-electron chi connectivity index (χ4n) is 3.50. The molecule has 1 aromatic rings. The first kappa shape index (κ1) is 21.0. The van der Waals surface area contributed by atoms with Crippen molar-refractivity contribution < 1.29 is 9.18 Å². The molecule has 0 radical (unpaired) electrons. The summed E-state index contributed by atoms with van der Waals surface area (Å²) in [4.78, 5) is 19.6. The van der Waals surface area contributed by atoms with Crippen molar-refractivity contribution in [2.24, 2.45) is 4.99 Å². The second-order valence-electron chi connectivity index (χ2n) is 6.71. The van der Waals surface area contributed by atoms with E-state index in [1.807, 2.05) is 0 Å². The lowest BCUT2D eigenvalue weighted by atomic mass is 9.96. The molecule has 1 atom stereocenters. The van der Waals surface area contributed by atoms with E-state index in [0.717, 1.165) is 17.5 Å². The van der Waals surface area contributed by atoms with E-state index in [-0.39, 0.29) is 30.2 Å². The summed E-state index contributed by atoms with van der Waals surface area (Å²) in [5.41, 5.74) is 0.635. The molecule has 1 aliphatic heterocycles. The Morgan fingerprint density at radius 2 is 1.96 bits per heavy atom. The normalized spacial score (nSPS) is 22.3. The van der Waals surface area contributed by atoms with Crippen molar-refractivity contribution in [3.63, 3.8) is 0 Å². The number of hydrogen-bond acceptors (Lipinski definition) is 3. The van der Waals surface area contributed by atoms with Crippen molar-refractivity contribution in [2.75, 3.05) is 17.6 Å². The van der Waals surface area contributed by atoms with Gasteiger partial charge in [-0.05, 0) is 44.0 Å². The number of rotatable bonds is 5. The number of carbonyl (C=O) groups is 1. The summed E-state index contributed by atoms with van der Waals surface area (Å²) in [5.74, 6) is 0.566. The largest absolute Gasteiger partial charge is 0.347 e. The van der Waals surface area contributed by atoms with Gasteiger partial charge in [0.2, 0.25) is 5.91 Å². The van der Waals surface area contributed by atoms with Crippen LogP contribution in [0.25, 0.3) is 0 Å². The van der Waals surface area contributed by atoms with Crippen LogP contribution in [0.5, 0.6) is 0 Å². The Balaban J connectivity index is 0.00000243. The predicted octanol–water partition coefficient (Wildman–Crippen LogP) is 4.70. The maximum absolute atomic E-state index is 12.9. The first-order valence-corrected chi connectivity index (χ1v) is 10.2. The number of anilines is 1. The van der Waals surface area contributed by atoms with Crippen LogP contribution < -0.4 is 5.32 Å². The van der Waals surface area contributed by atoms with Crippen molar-refractivity contribution in [1.82, 2.24) is 4.90 Å². The molecule has 0 aromatic heterocycles. The van der Waals surface area contributed by atoms with Crippen LogP contribution in [0.3, 0.4) is 0 Å². The molecular weight excluding hydrogens is 373 g/mol. The van der Waals surface area contributed by atoms with Crippen LogP contribution in [0.1, 0.15) is 45.4 Å². The fraction of sp³-hybridized carbons (Fsp3) is 0.579. The van der Waals surface area contributed by atoms with E-state index < -0.39 is 0 Å². The molecule has 2 aliphatic rings. The molecule has 0 bridgehead atoms. The average molecular weight is 400 g/mol. The monoisotopic (exact) mass is 399 g/mol. The molecule has 1 saturated carbocycles. The molecular formula is C19H27ClFN3OS. The Morgan fingerprint density at radius 1 is 1.27 bits per heavy atom. The number of aliphatic imine (C=N–C) groups is 1. The smallest absolute Gasteiger partial charge is 0.226 e. The van der Waals surface area contributed by atoms with E-state index in [4.69, 9.17) is 4.99 Å². The second kappa shape index (κ2) is 10.2. The lowest BCUT2D eigenvalue weighted by molar-refractivity contribution is -0.116. The fourth-order valence-corrected chi connectivity index (χ4v) is 4.81. The summed E-state index contributed by atoms with van der Waals surface area (Å²) in [6, 6.07) is 6.52. The van der Waals surface area contributed by atoms with Gasteiger partial charge in [0, 0.05) is 30.4 Å². The van der Waals surface area contributed by atoms with E-state index in [2.05, 4.69) is 17.1 Å². The summed E-state index contributed by atoms with van der Waals surface area (Å²) in [6.07, 6.45) is 6.71. The Labute approximate surface area is 165 Å². The van der Waals surface area contributed by atoms with Gasteiger partial charge in [-0.3, -0.25) is 9.79 Å². The van der Waals surface area contributed by atoms with Crippen LogP contribution in [0.4, 0.5) is 10.1 Å². The zero-order valence-electron chi connectivity index (χ0n) is 15.1. The average Bonchev–Trinajstić information content (AvgIpc) is 2.99. The van der Waals surface area contributed by atoms with Gasteiger partial charge in [0.1, 0.15) is 5.82 Å². The molecule has 0 spiro atoms. The lowest BCUT2D eigenvalue weighted by Gasteiger charge is -2.26. The second-order valence-corrected chi connectivity index (χ2v) is 7.70. The van der Waals surface area contributed by atoms with E-state index >= 15 is 0 Å². The van der Waals surface area contributed by atoms with Crippen molar-refractivity contribution in [1.29, 1.82) is 0 Å². The van der Waals surface area contributed by atoms with Gasteiger partial charge < -0.3 is 10.2 Å². The highest BCUT2D eigenvalue weighted by atomic mass is 35.5. The van der Waals surface area contributed by atoms with Crippen LogP contribution in [0.15, 0.2) is 29.3 Å². The van der Waals surface area contributed by atoms with Gasteiger partial charge in [-0.15, -0.1) is 12.4 Å². The molecule has 144 valence electrons. The number of hydrogen-bond donors (Lipinski definition) is 1. The van der Waals surface area contributed by atoms with Gasteiger partial charge in [0.15, 0.2) is 5.17 Å². The minimum atomic E-state index is -0.300. The van der Waals surface area contributed by atoms with Crippen molar-refractivity contribution in [3.8, 4) is 0 Å². The molecule has 4 nitrogen and oxygen atoms in total. The maximum atomic E-state index is 12.9. The zero-order chi connectivity index (χ0) is 17.6. The highest BCUT2D eigenvalue weighted by molar-refractivity contribution is 8.14. The van der Waals surface area contributed by atoms with E-state index in [9.17, 15) is 9.18 Å². The SMILES string of the molecule is CCN1C(=NC2CCCCC2)SCC1CC(=O)Nc1ccc(F)cc1.Cl. The number of amides is 1. The summed E-state index contributed by atoms with van der Waals surface area (Å²) >= 11 is 1.77. The molecule has 7 heteroatoms. The van der Waals surface area contributed by atoms with Gasteiger partial charge in [-0.2, -0.15) is 0 Å². The minimum Gasteiger partial charge on any atom is -0.347 e. The summed E-state index contributed by atoms with van der Waals surface area (Å²) in [6.45, 7) is 2.99. The number of benzene rings is 1. The third-order valence-electron chi connectivity index (χ3n) is 4.85. The number of amidine groups is 1. The van der Waals surface area contributed by atoms with Crippen LogP contribution in [-0.2, 0) is 4.79 Å². The van der Waals surface area contributed by atoms with E-state index in [1.54, 1.807) is 23.9 Å². The molecule has 2 fully saturated rings. The number of halogens is 2. The number of carbonyl (C=O) groups excluding carboxylic acids is 1. The van der Waals surface area contributed by atoms with Crippen molar-refractivity contribution >= 4 is 40.9 Å². The Kier molecular flexibility index (Phi) is 8.22. The molecule has 1 N–H and O–H groups in total. The van der Waals surface area contributed by atoms with Crippen LogP contribution in [0.2, 0.25) is 0 Å². The Morgan fingerprint density at radius 3 is 2.62 bits per heavy atom. The Hall–Kier alpha value is -1.27. The number of nitrogens with one attached hydrogen (secondary N) is 1. The molecule has 1 saturated heterocycles. The summed E-state index contributed by atoms with van der Waals surface area (Å²) in [5, 5.41) is 3.96. The van der Waals surface area contributed by atoms with Gasteiger partial charge in [0.05, 0.1) is 6.04 Å². The molecule has 3 rings (SSSR count). The van der Waals surface area contributed by atoms with Crippen molar-refractivity contribution in [2.45, 2.75) is 57.5 Å². The van der Waals surface area contributed by atoms with Crippen LogP contribution >= 0.6 is 24.2 Å². The topological polar surface area (TPSA) is 44.7 Å². The molecule has 1 heterocycles. The molecule has 1 aromatic carbocycles. The number of thioether (sulfide) groups is 1. The molecule has 1 aliphatic carbocycles. The number of nitrogens with zero attached hydrogens (tertiary/aromatic N) is 2. The maximum Gasteiger partial charge on any atom is 0.226 e. The standard InChI is InChI=1S/C19H26FN3OS.ClH/c1-2-23-17(12-18(24)21-16-10-8-14(20)9-11-16)13-25-19(23)22-15-6-4-3-5-7-15;/h8-11,15,17H,2-7,12-13H2,1H3,(H,21,24);1H. The molecule has 26 heavy (non-hydrogen) atoms. The zero-order valence-corrected chi connectivity index (χ0v) is 16.8. The minimum absolute atomic E-state index is 0. The first-order chi connectivity index (χ1) is 12.2. The van der Waals surface area contributed by atoms with E-state index in [1.165, 1.54) is 44.2 Å². The highest BCUT2D eigenvalue weighted by Crippen LogP contribution is 2.29. The third-order valence-corrected chi connectivity index (χ3v) is 6.00. The first-order valence-electron chi connectivity index (χ1n) is 9.18. The van der Waals surface area contributed by atoms with E-state index in [0.29, 0.717) is 18.2 Å². The predicted molar refractivity (Wildman–Crippen MR) is 110 cm³/mol. The van der Waals surface area contributed by atoms with Crippen molar-refractivity contribution in [3.05, 3.63) is 30.1 Å². The quantitative estimate of drug-likeness (QED) is 0.780. The summed E-state index contributed by atoms with van der Waals surface area (Å²) in [7, 11) is 0. The molecule has 1 amide bonds. The van der Waals surface area contributed by atoms with Crippen LogP contribution in [-0.4, -0.2) is 40.4 Å². The van der Waals surface area contributed by atoms with Gasteiger partial charge >= 0.3 is 0 Å². The van der Waals surface area contributed by atoms with Gasteiger partial charge in [-0.25, -0.2) is 4.39 Å². The summed E-state index contributed by atoms with van der Waals surface area (Å²) < 4.78 is 12.9.